The summed E-state index contributed by atoms with van der Waals surface area (Å²) >= 11 is 3.55. The zero-order valence-electron chi connectivity index (χ0n) is 16.1. The van der Waals surface area contributed by atoms with Gasteiger partial charge in [0.15, 0.2) is 0 Å². The maximum absolute atomic E-state index is 13.2. The van der Waals surface area contributed by atoms with Gasteiger partial charge in [0, 0.05) is 22.8 Å². The fraction of sp³-hybridized carbons (Fsp3) is 0.524. The van der Waals surface area contributed by atoms with E-state index in [1.54, 1.807) is 27.6 Å². The van der Waals surface area contributed by atoms with Gasteiger partial charge >= 0.3 is 5.97 Å². The fourth-order valence-corrected chi connectivity index (χ4v) is 6.08. The predicted octanol–water partition coefficient (Wildman–Crippen LogP) is 3.70. The van der Waals surface area contributed by atoms with E-state index >= 15 is 0 Å². The highest BCUT2D eigenvalue weighted by atomic mass is 32.1. The molecular formula is C21H26N2O3S2. The van der Waals surface area contributed by atoms with Gasteiger partial charge in [-0.15, -0.1) is 22.7 Å². The predicted molar refractivity (Wildman–Crippen MR) is 112 cm³/mol. The van der Waals surface area contributed by atoms with E-state index in [2.05, 4.69) is 33.9 Å². The molecule has 0 aliphatic carbocycles. The summed E-state index contributed by atoms with van der Waals surface area (Å²) in [6, 6.07) is 6.13. The average molecular weight is 419 g/mol. The molecule has 0 N–H and O–H groups in total. The number of fused-ring (bicyclic) bond motifs is 1. The lowest BCUT2D eigenvalue weighted by atomic mass is 9.98. The van der Waals surface area contributed by atoms with Crippen LogP contribution in [0.4, 0.5) is 0 Å². The van der Waals surface area contributed by atoms with Crippen LogP contribution in [0.5, 0.6) is 0 Å². The molecule has 4 rings (SSSR count). The Morgan fingerprint density at radius 3 is 2.86 bits per heavy atom. The molecular weight excluding hydrogens is 392 g/mol. The second-order valence-corrected chi connectivity index (χ2v) is 9.27. The topological polar surface area (TPSA) is 49.9 Å². The molecule has 28 heavy (non-hydrogen) atoms. The van der Waals surface area contributed by atoms with Gasteiger partial charge in [-0.25, -0.2) is 4.79 Å². The number of nitrogens with zero attached hydrogens (tertiary/aromatic N) is 2. The Bertz CT molecular complexity index is 817. The molecule has 150 valence electrons. The number of thiophene rings is 2. The summed E-state index contributed by atoms with van der Waals surface area (Å²) in [5.74, 6) is -0.220. The van der Waals surface area contributed by atoms with Crippen LogP contribution in [0.15, 0.2) is 29.0 Å². The summed E-state index contributed by atoms with van der Waals surface area (Å²) in [5, 5.41) is 4.25. The second-order valence-electron chi connectivity index (χ2n) is 7.29. The molecule has 2 aliphatic heterocycles. The van der Waals surface area contributed by atoms with E-state index in [0.29, 0.717) is 26.1 Å². The summed E-state index contributed by atoms with van der Waals surface area (Å²) in [5.41, 5.74) is 1.33. The van der Waals surface area contributed by atoms with Crippen LogP contribution in [0.3, 0.4) is 0 Å². The largest absolute Gasteiger partial charge is 0.464 e. The van der Waals surface area contributed by atoms with Crippen LogP contribution >= 0.6 is 22.7 Å². The van der Waals surface area contributed by atoms with Gasteiger partial charge in [-0.3, -0.25) is 9.69 Å². The summed E-state index contributed by atoms with van der Waals surface area (Å²) in [7, 11) is 0. The highest BCUT2D eigenvalue weighted by Gasteiger charge is 2.36. The SMILES string of the molecule is CCOC(=O)C1CCCCN1C(=O)CN1CCc2sccc2C1c1cccs1. The minimum Gasteiger partial charge on any atom is -0.464 e. The van der Waals surface area contributed by atoms with Gasteiger partial charge in [0.25, 0.3) is 0 Å². The fourth-order valence-electron chi connectivity index (χ4n) is 4.30. The first-order valence-corrected chi connectivity index (χ1v) is 11.7. The van der Waals surface area contributed by atoms with E-state index in [4.69, 9.17) is 4.74 Å². The molecule has 2 aliphatic rings. The molecule has 5 nitrogen and oxygen atoms in total. The Kier molecular flexibility index (Phi) is 6.13. The molecule has 1 saturated heterocycles. The molecule has 4 heterocycles. The summed E-state index contributed by atoms with van der Waals surface area (Å²) in [6.07, 6.45) is 3.59. The summed E-state index contributed by atoms with van der Waals surface area (Å²) < 4.78 is 5.22. The first-order chi connectivity index (χ1) is 13.7. The van der Waals surface area contributed by atoms with Gasteiger partial charge in [-0.2, -0.15) is 0 Å². The molecule has 0 aromatic carbocycles. The average Bonchev–Trinajstić information content (AvgIpc) is 3.40. The standard InChI is InChI=1S/C21H26N2O3S2/c1-2-26-21(25)16-6-3-4-10-23(16)19(24)14-22-11-8-17-15(9-13-28-17)20(22)18-7-5-12-27-18/h5,7,9,12-13,16,20H,2-4,6,8,10-11,14H2,1H3. The number of hydrogen-bond acceptors (Lipinski definition) is 6. The quantitative estimate of drug-likeness (QED) is 0.695. The zero-order valence-corrected chi connectivity index (χ0v) is 17.8. The van der Waals surface area contributed by atoms with Gasteiger partial charge < -0.3 is 9.64 Å². The van der Waals surface area contributed by atoms with E-state index in [-0.39, 0.29) is 17.9 Å². The molecule has 0 spiro atoms. The highest BCUT2D eigenvalue weighted by Crippen LogP contribution is 2.39. The van der Waals surface area contributed by atoms with Crippen molar-refractivity contribution in [3.8, 4) is 0 Å². The van der Waals surface area contributed by atoms with Crippen molar-refractivity contribution in [3.05, 3.63) is 44.3 Å². The van der Waals surface area contributed by atoms with Crippen molar-refractivity contribution in [2.45, 2.75) is 44.7 Å². The maximum atomic E-state index is 13.2. The van der Waals surface area contributed by atoms with E-state index in [1.807, 2.05) is 6.92 Å². The number of likely N-dealkylation sites (tertiary alicyclic amines) is 1. The van der Waals surface area contributed by atoms with Crippen molar-refractivity contribution in [1.29, 1.82) is 0 Å². The van der Waals surface area contributed by atoms with E-state index in [1.165, 1.54) is 15.3 Å². The second kappa shape index (κ2) is 8.76. The van der Waals surface area contributed by atoms with Gasteiger partial charge in [-0.05, 0) is 61.1 Å². The molecule has 2 aromatic heterocycles. The number of rotatable bonds is 5. The van der Waals surface area contributed by atoms with Crippen LogP contribution in [-0.2, 0) is 20.7 Å². The van der Waals surface area contributed by atoms with Crippen molar-refractivity contribution < 1.29 is 14.3 Å². The van der Waals surface area contributed by atoms with Crippen molar-refractivity contribution in [1.82, 2.24) is 9.80 Å². The molecule has 1 fully saturated rings. The van der Waals surface area contributed by atoms with Gasteiger partial charge in [0.2, 0.25) is 5.91 Å². The van der Waals surface area contributed by atoms with Crippen LogP contribution in [0, 0.1) is 0 Å². The number of carbonyl (C=O) groups excluding carboxylic acids is 2. The monoisotopic (exact) mass is 418 g/mol. The third kappa shape index (κ3) is 3.88. The lowest BCUT2D eigenvalue weighted by molar-refractivity contribution is -0.157. The molecule has 0 radical (unpaired) electrons. The summed E-state index contributed by atoms with van der Waals surface area (Å²) in [4.78, 5) is 32.3. The Hall–Kier alpha value is -1.70. The van der Waals surface area contributed by atoms with Crippen molar-refractivity contribution in [2.75, 3.05) is 26.2 Å². The number of carbonyl (C=O) groups is 2. The van der Waals surface area contributed by atoms with Crippen LogP contribution < -0.4 is 0 Å². The molecule has 2 unspecified atom stereocenters. The Morgan fingerprint density at radius 2 is 2.07 bits per heavy atom. The van der Waals surface area contributed by atoms with E-state index in [9.17, 15) is 9.59 Å². The van der Waals surface area contributed by atoms with Crippen molar-refractivity contribution >= 4 is 34.6 Å². The molecule has 7 heteroatoms. The van der Waals surface area contributed by atoms with Crippen molar-refractivity contribution in [2.24, 2.45) is 0 Å². The third-order valence-electron chi connectivity index (χ3n) is 5.60. The van der Waals surface area contributed by atoms with Crippen molar-refractivity contribution in [3.63, 3.8) is 0 Å². The van der Waals surface area contributed by atoms with E-state index < -0.39 is 6.04 Å². The number of esters is 1. The Balaban J connectivity index is 1.53. The Morgan fingerprint density at radius 1 is 1.18 bits per heavy atom. The number of piperidine rings is 1. The van der Waals surface area contributed by atoms with Crippen LogP contribution in [0.1, 0.15) is 47.5 Å². The molecule has 0 bridgehead atoms. The third-order valence-corrected chi connectivity index (χ3v) is 7.52. The lowest BCUT2D eigenvalue weighted by Crippen LogP contribution is -2.52. The molecule has 1 amide bonds. The minimum absolute atomic E-state index is 0.0398. The maximum Gasteiger partial charge on any atom is 0.328 e. The first kappa shape index (κ1) is 19.6. The lowest BCUT2D eigenvalue weighted by Gasteiger charge is -2.39. The summed E-state index contributed by atoms with van der Waals surface area (Å²) in [6.45, 7) is 4.01. The molecule has 2 atom stereocenters. The Labute approximate surface area is 173 Å². The number of amides is 1. The number of ether oxygens (including phenoxy) is 1. The smallest absolute Gasteiger partial charge is 0.328 e. The normalized spacial score (nSPS) is 22.7. The van der Waals surface area contributed by atoms with Crippen LogP contribution in [-0.4, -0.2) is 54.0 Å². The van der Waals surface area contributed by atoms with Gasteiger partial charge in [0.1, 0.15) is 6.04 Å². The first-order valence-electron chi connectivity index (χ1n) is 9.99. The van der Waals surface area contributed by atoms with Gasteiger partial charge in [-0.1, -0.05) is 6.07 Å². The minimum atomic E-state index is -0.428. The molecule has 2 aromatic rings. The van der Waals surface area contributed by atoms with Crippen LogP contribution in [0.2, 0.25) is 0 Å². The number of hydrogen-bond donors (Lipinski definition) is 0. The van der Waals surface area contributed by atoms with Gasteiger partial charge in [0.05, 0.1) is 19.2 Å². The highest BCUT2D eigenvalue weighted by molar-refractivity contribution is 7.10. The zero-order chi connectivity index (χ0) is 19.5. The molecule has 0 saturated carbocycles. The van der Waals surface area contributed by atoms with Crippen LogP contribution in [0.25, 0.3) is 0 Å². The van der Waals surface area contributed by atoms with E-state index in [0.717, 1.165) is 25.8 Å².